The van der Waals surface area contributed by atoms with E-state index in [1.54, 1.807) is 11.9 Å². The molecule has 1 spiro atoms. The van der Waals surface area contributed by atoms with E-state index in [1.165, 1.54) is 12.2 Å². The molecule has 0 aromatic carbocycles. The summed E-state index contributed by atoms with van der Waals surface area (Å²) in [6, 6.07) is -0.475. The van der Waals surface area contributed by atoms with Crippen LogP contribution in [0.5, 0.6) is 0 Å². The third-order valence-corrected chi connectivity index (χ3v) is 3.96. The molecule has 2 fully saturated rings. The number of rotatable bonds is 2. The van der Waals surface area contributed by atoms with Crippen molar-refractivity contribution in [2.75, 3.05) is 20.7 Å². The zero-order valence-electron chi connectivity index (χ0n) is 12.9. The number of carbonyl (C=O) groups excluding carboxylic acids is 2. The van der Waals surface area contributed by atoms with E-state index in [2.05, 4.69) is 0 Å². The number of likely N-dealkylation sites (N-methyl/N-ethyl adjacent to an activating group) is 1. The van der Waals surface area contributed by atoms with Crippen LogP contribution in [0, 0.1) is 5.41 Å². The minimum atomic E-state index is -0.558. The van der Waals surface area contributed by atoms with Crippen molar-refractivity contribution < 1.29 is 19.2 Å². The Labute approximate surface area is 119 Å². The largest absolute Gasteiger partial charge is 0.444 e. The van der Waals surface area contributed by atoms with Crippen molar-refractivity contribution in [1.82, 2.24) is 9.96 Å². The van der Waals surface area contributed by atoms with Gasteiger partial charge in [0.1, 0.15) is 11.6 Å². The normalized spacial score (nSPS) is 23.9. The molecule has 1 saturated carbocycles. The minimum Gasteiger partial charge on any atom is -0.444 e. The summed E-state index contributed by atoms with van der Waals surface area (Å²) >= 11 is 0. The number of likely N-dealkylation sites (tertiary alicyclic amines) is 1. The highest BCUT2D eigenvalue weighted by Crippen LogP contribution is 2.55. The zero-order chi connectivity index (χ0) is 15.1. The molecule has 6 heteroatoms. The van der Waals surface area contributed by atoms with Crippen molar-refractivity contribution >= 4 is 12.0 Å². The van der Waals surface area contributed by atoms with Gasteiger partial charge in [-0.25, -0.2) is 9.86 Å². The standard InChI is InChI=1S/C14H24N2O4/c1-13(2,3)20-12(18)16-9-14(6-7-14)8-10(16)11(17)15(4)19-5/h10H,6-9H2,1-5H3/t10-/m0/s1. The van der Waals surface area contributed by atoms with Crippen LogP contribution in [0.25, 0.3) is 0 Å². The van der Waals surface area contributed by atoms with Gasteiger partial charge in [0.15, 0.2) is 0 Å². The van der Waals surface area contributed by atoms with Crippen molar-refractivity contribution in [3.8, 4) is 0 Å². The lowest BCUT2D eigenvalue weighted by Gasteiger charge is -2.29. The Hall–Kier alpha value is -1.30. The van der Waals surface area contributed by atoms with Crippen LogP contribution in [0.1, 0.15) is 40.0 Å². The molecule has 0 aromatic rings. The van der Waals surface area contributed by atoms with Gasteiger partial charge in [0, 0.05) is 13.6 Å². The molecule has 2 rings (SSSR count). The molecule has 2 amide bonds. The molecule has 0 radical (unpaired) electrons. The van der Waals surface area contributed by atoms with Crippen LogP contribution >= 0.6 is 0 Å². The number of ether oxygens (including phenoxy) is 1. The first-order chi connectivity index (χ1) is 9.17. The van der Waals surface area contributed by atoms with Gasteiger partial charge < -0.3 is 4.74 Å². The topological polar surface area (TPSA) is 59.1 Å². The van der Waals surface area contributed by atoms with Crippen molar-refractivity contribution in [1.29, 1.82) is 0 Å². The van der Waals surface area contributed by atoms with Crippen LogP contribution in [0.15, 0.2) is 0 Å². The number of carbonyl (C=O) groups is 2. The monoisotopic (exact) mass is 284 g/mol. The second kappa shape index (κ2) is 4.91. The van der Waals surface area contributed by atoms with E-state index < -0.39 is 17.7 Å². The van der Waals surface area contributed by atoms with Crippen LogP contribution < -0.4 is 0 Å². The average Bonchev–Trinajstić information content (AvgIpc) is 2.96. The Morgan fingerprint density at radius 2 is 1.90 bits per heavy atom. The van der Waals surface area contributed by atoms with Gasteiger partial charge in [-0.2, -0.15) is 0 Å². The second-order valence-electron chi connectivity index (χ2n) is 6.85. The Morgan fingerprint density at radius 1 is 1.30 bits per heavy atom. The number of amides is 2. The van der Waals surface area contributed by atoms with E-state index in [0.29, 0.717) is 13.0 Å². The van der Waals surface area contributed by atoms with Crippen LogP contribution in [-0.2, 0) is 14.4 Å². The fourth-order valence-electron chi connectivity index (χ4n) is 2.63. The minimum absolute atomic E-state index is 0.131. The summed E-state index contributed by atoms with van der Waals surface area (Å²) in [5.74, 6) is -0.192. The van der Waals surface area contributed by atoms with Crippen molar-refractivity contribution in [3.63, 3.8) is 0 Å². The van der Waals surface area contributed by atoms with Crippen LogP contribution in [0.3, 0.4) is 0 Å². The highest BCUT2D eigenvalue weighted by Gasteiger charge is 2.56. The lowest BCUT2D eigenvalue weighted by molar-refractivity contribution is -0.173. The average molecular weight is 284 g/mol. The maximum Gasteiger partial charge on any atom is 0.410 e. The summed E-state index contributed by atoms with van der Waals surface area (Å²) < 4.78 is 5.41. The molecule has 1 saturated heterocycles. The lowest BCUT2D eigenvalue weighted by atomic mass is 10.0. The van der Waals surface area contributed by atoms with Gasteiger partial charge in [0.2, 0.25) is 0 Å². The number of hydrogen-bond donors (Lipinski definition) is 0. The Bertz CT molecular complexity index is 412. The Morgan fingerprint density at radius 3 is 2.35 bits per heavy atom. The van der Waals surface area contributed by atoms with Crippen LogP contribution in [0.2, 0.25) is 0 Å². The zero-order valence-corrected chi connectivity index (χ0v) is 12.9. The van der Waals surface area contributed by atoms with Crippen molar-refractivity contribution in [2.45, 2.75) is 51.7 Å². The van der Waals surface area contributed by atoms with Crippen molar-refractivity contribution in [2.24, 2.45) is 5.41 Å². The van der Waals surface area contributed by atoms with Crippen molar-refractivity contribution in [3.05, 3.63) is 0 Å². The first-order valence-corrected chi connectivity index (χ1v) is 6.99. The van der Waals surface area contributed by atoms with Gasteiger partial charge in [-0.15, -0.1) is 0 Å². The predicted molar refractivity (Wildman–Crippen MR) is 72.8 cm³/mol. The molecule has 1 heterocycles. The molecule has 0 N–H and O–H groups in total. The van der Waals surface area contributed by atoms with Crippen LogP contribution in [-0.4, -0.2) is 54.3 Å². The summed E-state index contributed by atoms with van der Waals surface area (Å²) in [4.78, 5) is 31.1. The van der Waals surface area contributed by atoms with E-state index in [1.807, 2.05) is 20.8 Å². The molecule has 0 bridgehead atoms. The van der Waals surface area contributed by atoms with Gasteiger partial charge in [0.05, 0.1) is 7.11 Å². The maximum absolute atomic E-state index is 12.3. The molecule has 114 valence electrons. The van der Waals surface area contributed by atoms with E-state index in [0.717, 1.165) is 12.8 Å². The molecule has 0 unspecified atom stereocenters. The number of hydrogen-bond acceptors (Lipinski definition) is 4. The molecule has 1 aliphatic heterocycles. The van der Waals surface area contributed by atoms with Gasteiger partial charge in [-0.05, 0) is 45.4 Å². The van der Waals surface area contributed by atoms with Gasteiger partial charge in [-0.3, -0.25) is 14.5 Å². The number of hydroxylamine groups is 2. The highest BCUT2D eigenvalue weighted by atomic mass is 16.7. The molecule has 20 heavy (non-hydrogen) atoms. The maximum atomic E-state index is 12.3. The third kappa shape index (κ3) is 3.06. The fourth-order valence-corrected chi connectivity index (χ4v) is 2.63. The smallest absolute Gasteiger partial charge is 0.410 e. The first-order valence-electron chi connectivity index (χ1n) is 6.99. The highest BCUT2D eigenvalue weighted by molar-refractivity contribution is 5.86. The summed E-state index contributed by atoms with van der Waals surface area (Å²) in [6.07, 6.45) is 2.45. The lowest BCUT2D eigenvalue weighted by Crippen LogP contribution is -2.47. The summed E-state index contributed by atoms with van der Waals surface area (Å²) in [7, 11) is 3.01. The summed E-state index contributed by atoms with van der Waals surface area (Å²) in [5, 5.41) is 1.18. The second-order valence-corrected chi connectivity index (χ2v) is 6.85. The van der Waals surface area contributed by atoms with Gasteiger partial charge >= 0.3 is 6.09 Å². The van der Waals surface area contributed by atoms with Gasteiger partial charge in [0.25, 0.3) is 5.91 Å². The fraction of sp³-hybridized carbons (Fsp3) is 0.857. The van der Waals surface area contributed by atoms with E-state index in [4.69, 9.17) is 9.57 Å². The van der Waals surface area contributed by atoms with Crippen LogP contribution in [0.4, 0.5) is 4.79 Å². The first kappa shape index (κ1) is 15.1. The third-order valence-electron chi connectivity index (χ3n) is 3.96. The Balaban J connectivity index is 2.12. The molecular formula is C14H24N2O4. The molecular weight excluding hydrogens is 260 g/mol. The molecule has 1 aliphatic carbocycles. The molecule has 0 aromatic heterocycles. The summed E-state index contributed by atoms with van der Waals surface area (Å²) in [5.41, 5.74) is -0.428. The molecule has 6 nitrogen and oxygen atoms in total. The Kier molecular flexibility index (Phi) is 3.71. The summed E-state index contributed by atoms with van der Waals surface area (Å²) in [6.45, 7) is 6.08. The van der Waals surface area contributed by atoms with Gasteiger partial charge in [-0.1, -0.05) is 0 Å². The molecule has 1 atom stereocenters. The van der Waals surface area contributed by atoms with E-state index in [-0.39, 0.29) is 11.3 Å². The molecule has 2 aliphatic rings. The van der Waals surface area contributed by atoms with E-state index in [9.17, 15) is 9.59 Å². The quantitative estimate of drug-likeness (QED) is 0.725. The van der Waals surface area contributed by atoms with E-state index >= 15 is 0 Å². The SMILES string of the molecule is CON(C)C(=O)[C@@H]1CC2(CC2)CN1C(=O)OC(C)(C)C. The predicted octanol–water partition coefficient (Wildman–Crippen LogP) is 1.80. The number of nitrogens with zero attached hydrogens (tertiary/aromatic N) is 2.